The molecule has 0 aliphatic carbocycles. The minimum Gasteiger partial charge on any atom is -0.489 e. The van der Waals surface area contributed by atoms with Crippen molar-refractivity contribution in [3.63, 3.8) is 0 Å². The Hall–Kier alpha value is -2.79. The SMILES string of the molecule is Cc1nn(C)c(C)c1CNC(=O)c1ccc(COc2ccc(Cl)cc2)cc1. The third-order valence-corrected chi connectivity index (χ3v) is 4.77. The normalized spacial score (nSPS) is 10.7. The molecule has 1 aromatic heterocycles. The molecule has 0 fully saturated rings. The van der Waals surface area contributed by atoms with E-state index in [9.17, 15) is 4.79 Å². The fraction of sp³-hybridized carbons (Fsp3) is 0.238. The molecule has 0 radical (unpaired) electrons. The summed E-state index contributed by atoms with van der Waals surface area (Å²) in [7, 11) is 1.90. The highest BCUT2D eigenvalue weighted by Crippen LogP contribution is 2.17. The molecular formula is C21H22ClN3O2. The highest BCUT2D eigenvalue weighted by molar-refractivity contribution is 6.30. The van der Waals surface area contributed by atoms with E-state index in [2.05, 4.69) is 10.4 Å². The Morgan fingerprint density at radius 3 is 2.37 bits per heavy atom. The van der Waals surface area contributed by atoms with Crippen LogP contribution in [0.1, 0.15) is 32.9 Å². The van der Waals surface area contributed by atoms with Crippen molar-refractivity contribution in [2.45, 2.75) is 27.0 Å². The first kappa shape index (κ1) is 19.0. The Kier molecular flexibility index (Phi) is 5.81. The zero-order valence-corrected chi connectivity index (χ0v) is 16.4. The van der Waals surface area contributed by atoms with E-state index in [0.717, 1.165) is 28.3 Å². The number of nitrogens with one attached hydrogen (secondary N) is 1. The molecule has 5 nitrogen and oxygen atoms in total. The molecule has 1 heterocycles. The smallest absolute Gasteiger partial charge is 0.251 e. The minimum atomic E-state index is -0.108. The Labute approximate surface area is 163 Å². The number of carbonyl (C=O) groups excluding carboxylic acids is 1. The number of ether oxygens (including phenoxy) is 1. The van der Waals surface area contributed by atoms with Gasteiger partial charge in [-0.15, -0.1) is 0 Å². The molecular weight excluding hydrogens is 362 g/mol. The lowest BCUT2D eigenvalue weighted by Gasteiger charge is -2.08. The molecule has 0 spiro atoms. The van der Waals surface area contributed by atoms with Crippen molar-refractivity contribution in [1.82, 2.24) is 15.1 Å². The highest BCUT2D eigenvalue weighted by atomic mass is 35.5. The number of hydrogen-bond acceptors (Lipinski definition) is 3. The maximum absolute atomic E-state index is 12.4. The number of amides is 1. The molecule has 0 bridgehead atoms. The number of halogens is 1. The van der Waals surface area contributed by atoms with Crippen LogP contribution in [0.25, 0.3) is 0 Å². The summed E-state index contributed by atoms with van der Waals surface area (Å²) in [6, 6.07) is 14.6. The van der Waals surface area contributed by atoms with Crippen molar-refractivity contribution in [2.24, 2.45) is 7.05 Å². The zero-order valence-electron chi connectivity index (χ0n) is 15.6. The fourth-order valence-corrected chi connectivity index (χ4v) is 2.92. The number of rotatable bonds is 6. The largest absolute Gasteiger partial charge is 0.489 e. The van der Waals surface area contributed by atoms with Crippen molar-refractivity contribution in [2.75, 3.05) is 0 Å². The lowest BCUT2D eigenvalue weighted by Crippen LogP contribution is -2.23. The second-order valence-electron chi connectivity index (χ2n) is 6.40. The van der Waals surface area contributed by atoms with Crippen LogP contribution in [-0.4, -0.2) is 15.7 Å². The van der Waals surface area contributed by atoms with Gasteiger partial charge in [-0.3, -0.25) is 9.48 Å². The maximum Gasteiger partial charge on any atom is 0.251 e. The molecule has 0 aliphatic rings. The molecule has 6 heteroatoms. The van der Waals surface area contributed by atoms with Crippen molar-refractivity contribution in [3.8, 4) is 5.75 Å². The van der Waals surface area contributed by atoms with E-state index >= 15 is 0 Å². The van der Waals surface area contributed by atoms with Crippen LogP contribution < -0.4 is 10.1 Å². The quantitative estimate of drug-likeness (QED) is 0.694. The lowest BCUT2D eigenvalue weighted by atomic mass is 10.1. The molecule has 140 valence electrons. The van der Waals surface area contributed by atoms with Crippen LogP contribution in [0.3, 0.4) is 0 Å². The lowest BCUT2D eigenvalue weighted by molar-refractivity contribution is 0.0951. The summed E-state index contributed by atoms with van der Waals surface area (Å²) in [6.07, 6.45) is 0. The number of hydrogen-bond donors (Lipinski definition) is 1. The molecule has 27 heavy (non-hydrogen) atoms. The van der Waals surface area contributed by atoms with Gasteiger partial charge in [-0.05, 0) is 55.8 Å². The standard InChI is InChI=1S/C21H22ClN3O2/c1-14-20(15(2)25(3)24-14)12-23-21(26)17-6-4-16(5-7-17)13-27-19-10-8-18(22)9-11-19/h4-11H,12-13H2,1-3H3,(H,23,26). The Bertz CT molecular complexity index is 931. The van der Waals surface area contributed by atoms with Gasteiger partial charge in [-0.1, -0.05) is 23.7 Å². The van der Waals surface area contributed by atoms with Crippen molar-refractivity contribution in [3.05, 3.63) is 81.6 Å². The Balaban J connectivity index is 1.56. The monoisotopic (exact) mass is 383 g/mol. The summed E-state index contributed by atoms with van der Waals surface area (Å²) in [5.74, 6) is 0.645. The van der Waals surface area contributed by atoms with E-state index in [4.69, 9.17) is 16.3 Å². The van der Waals surface area contributed by atoms with E-state index in [0.29, 0.717) is 23.7 Å². The Morgan fingerprint density at radius 1 is 1.11 bits per heavy atom. The maximum atomic E-state index is 12.4. The van der Waals surface area contributed by atoms with Gasteiger partial charge in [0.2, 0.25) is 0 Å². The van der Waals surface area contributed by atoms with Gasteiger partial charge >= 0.3 is 0 Å². The van der Waals surface area contributed by atoms with E-state index in [-0.39, 0.29) is 5.91 Å². The average Bonchev–Trinajstić information content (AvgIpc) is 2.91. The predicted molar refractivity (Wildman–Crippen MR) is 106 cm³/mol. The minimum absolute atomic E-state index is 0.108. The Morgan fingerprint density at radius 2 is 1.78 bits per heavy atom. The van der Waals surface area contributed by atoms with Crippen LogP contribution in [0.4, 0.5) is 0 Å². The third-order valence-electron chi connectivity index (χ3n) is 4.52. The van der Waals surface area contributed by atoms with Gasteiger partial charge in [0, 0.05) is 35.4 Å². The van der Waals surface area contributed by atoms with E-state index < -0.39 is 0 Å². The molecule has 2 aromatic carbocycles. The van der Waals surface area contributed by atoms with Crippen LogP contribution in [0.2, 0.25) is 5.02 Å². The number of benzene rings is 2. The second kappa shape index (κ2) is 8.27. The van der Waals surface area contributed by atoms with Gasteiger partial charge in [0.25, 0.3) is 5.91 Å². The molecule has 1 N–H and O–H groups in total. The van der Waals surface area contributed by atoms with E-state index in [1.165, 1.54) is 0 Å². The van der Waals surface area contributed by atoms with Gasteiger partial charge in [0.05, 0.1) is 5.69 Å². The molecule has 0 unspecified atom stereocenters. The summed E-state index contributed by atoms with van der Waals surface area (Å²) in [5, 5.41) is 8.00. The van der Waals surface area contributed by atoms with Gasteiger partial charge < -0.3 is 10.1 Å². The fourth-order valence-electron chi connectivity index (χ4n) is 2.79. The zero-order chi connectivity index (χ0) is 19.4. The molecule has 0 saturated carbocycles. The predicted octanol–water partition coefficient (Wildman–Crippen LogP) is 4.20. The third kappa shape index (κ3) is 4.68. The summed E-state index contributed by atoms with van der Waals surface area (Å²) in [5.41, 5.74) is 4.65. The highest BCUT2D eigenvalue weighted by Gasteiger charge is 2.11. The molecule has 0 atom stereocenters. The number of carbonyl (C=O) groups is 1. The molecule has 1 amide bonds. The van der Waals surface area contributed by atoms with Crippen LogP contribution in [0.5, 0.6) is 5.75 Å². The van der Waals surface area contributed by atoms with Crippen molar-refractivity contribution < 1.29 is 9.53 Å². The van der Waals surface area contributed by atoms with Crippen LogP contribution >= 0.6 is 11.6 Å². The van der Waals surface area contributed by atoms with Gasteiger partial charge in [0.1, 0.15) is 12.4 Å². The topological polar surface area (TPSA) is 56.2 Å². The molecule has 3 aromatic rings. The second-order valence-corrected chi connectivity index (χ2v) is 6.83. The van der Waals surface area contributed by atoms with Crippen LogP contribution in [0, 0.1) is 13.8 Å². The van der Waals surface area contributed by atoms with Gasteiger partial charge in [-0.25, -0.2) is 0 Å². The summed E-state index contributed by atoms with van der Waals surface area (Å²) in [4.78, 5) is 12.4. The van der Waals surface area contributed by atoms with Crippen LogP contribution in [0.15, 0.2) is 48.5 Å². The average molecular weight is 384 g/mol. The summed E-state index contributed by atoms with van der Waals surface area (Å²) >= 11 is 5.86. The molecule has 0 saturated heterocycles. The number of aromatic nitrogens is 2. The van der Waals surface area contributed by atoms with E-state index in [1.54, 1.807) is 24.3 Å². The van der Waals surface area contributed by atoms with Gasteiger partial charge in [0.15, 0.2) is 0 Å². The first-order chi connectivity index (χ1) is 12.9. The summed E-state index contributed by atoms with van der Waals surface area (Å²) < 4.78 is 7.54. The van der Waals surface area contributed by atoms with E-state index in [1.807, 2.05) is 49.8 Å². The van der Waals surface area contributed by atoms with Crippen LogP contribution in [-0.2, 0) is 20.2 Å². The van der Waals surface area contributed by atoms with Gasteiger partial charge in [-0.2, -0.15) is 5.10 Å². The first-order valence-corrected chi connectivity index (χ1v) is 9.06. The molecule has 0 aliphatic heterocycles. The number of nitrogens with zero attached hydrogens (tertiary/aromatic N) is 2. The molecule has 3 rings (SSSR count). The number of aryl methyl sites for hydroxylation is 2. The summed E-state index contributed by atoms with van der Waals surface area (Å²) in [6.45, 7) is 4.84. The van der Waals surface area contributed by atoms with Crippen molar-refractivity contribution in [1.29, 1.82) is 0 Å². The van der Waals surface area contributed by atoms with Crippen molar-refractivity contribution >= 4 is 17.5 Å². The first-order valence-electron chi connectivity index (χ1n) is 8.68.